The maximum atomic E-state index is 12.1. The molecule has 3 aromatic rings. The number of carbonyl (C=O) groups is 1. The predicted molar refractivity (Wildman–Crippen MR) is 102 cm³/mol. The highest BCUT2D eigenvalue weighted by Crippen LogP contribution is 2.30. The van der Waals surface area contributed by atoms with Crippen LogP contribution in [-0.4, -0.2) is 17.0 Å². The third-order valence-electron chi connectivity index (χ3n) is 3.53. The Morgan fingerprint density at radius 1 is 1.15 bits per heavy atom. The third kappa shape index (κ3) is 4.33. The normalized spacial score (nSPS) is 10.9. The molecule has 0 aliphatic carbocycles. The number of nitro groups is 1. The van der Waals surface area contributed by atoms with Gasteiger partial charge in [-0.3, -0.25) is 14.9 Å². The van der Waals surface area contributed by atoms with Gasteiger partial charge in [0.25, 0.3) is 11.6 Å². The molecule has 0 fully saturated rings. The van der Waals surface area contributed by atoms with Crippen LogP contribution < -0.4 is 5.43 Å². The molecule has 0 atom stereocenters. The highest BCUT2D eigenvalue weighted by atomic mass is 35.5. The zero-order chi connectivity index (χ0) is 19.4. The molecule has 0 spiro atoms. The second kappa shape index (κ2) is 8.03. The number of furan rings is 1. The van der Waals surface area contributed by atoms with Gasteiger partial charge >= 0.3 is 0 Å². The second-order valence-electron chi connectivity index (χ2n) is 5.30. The molecule has 0 aliphatic rings. The van der Waals surface area contributed by atoms with Crippen molar-refractivity contribution in [2.24, 2.45) is 5.10 Å². The van der Waals surface area contributed by atoms with Crippen molar-refractivity contribution in [3.8, 4) is 11.3 Å². The first-order chi connectivity index (χ1) is 13.0. The Kier molecular flexibility index (Phi) is 5.54. The summed E-state index contributed by atoms with van der Waals surface area (Å²) in [6.07, 6.45) is 1.28. The molecule has 1 amide bonds. The lowest BCUT2D eigenvalue weighted by Crippen LogP contribution is -2.17. The average Bonchev–Trinajstić information content (AvgIpc) is 3.10. The Bertz CT molecular complexity index is 1050. The first-order valence-electron chi connectivity index (χ1n) is 7.58. The molecule has 27 heavy (non-hydrogen) atoms. The van der Waals surface area contributed by atoms with Crippen molar-refractivity contribution in [1.29, 1.82) is 0 Å². The maximum Gasteiger partial charge on any atom is 0.280 e. The van der Waals surface area contributed by atoms with Crippen molar-refractivity contribution >= 4 is 41.0 Å². The monoisotopic (exact) mass is 403 g/mol. The fraction of sp³-hybridized carbons (Fsp3) is 0. The molecule has 0 bridgehead atoms. The molecule has 0 radical (unpaired) electrons. The SMILES string of the molecule is O=C(N/N=C\c1ccc(-c2ccccc2[N+](=O)[O-])o1)c1ccc(Cl)cc1Cl. The fourth-order valence-electron chi connectivity index (χ4n) is 2.30. The predicted octanol–water partition coefficient (Wildman–Crippen LogP) is 4.93. The number of carbonyl (C=O) groups excluding carboxylic acids is 1. The molecule has 9 heteroatoms. The second-order valence-corrected chi connectivity index (χ2v) is 6.14. The molecule has 2 aromatic carbocycles. The van der Waals surface area contributed by atoms with E-state index in [0.717, 1.165) is 0 Å². The number of nitrogens with one attached hydrogen (secondary N) is 1. The summed E-state index contributed by atoms with van der Waals surface area (Å²) in [4.78, 5) is 22.7. The molecule has 1 N–H and O–H groups in total. The minimum Gasteiger partial charge on any atom is -0.455 e. The summed E-state index contributed by atoms with van der Waals surface area (Å²) in [5, 5.41) is 15.5. The lowest BCUT2D eigenvalue weighted by molar-refractivity contribution is -0.384. The van der Waals surface area contributed by atoms with Crippen molar-refractivity contribution in [1.82, 2.24) is 5.43 Å². The average molecular weight is 404 g/mol. The van der Waals surface area contributed by atoms with Crippen LogP contribution in [-0.2, 0) is 0 Å². The van der Waals surface area contributed by atoms with Crippen LogP contribution in [0.15, 0.2) is 64.1 Å². The summed E-state index contributed by atoms with van der Waals surface area (Å²) >= 11 is 11.8. The van der Waals surface area contributed by atoms with Gasteiger partial charge in [-0.25, -0.2) is 5.43 Å². The van der Waals surface area contributed by atoms with E-state index in [-0.39, 0.29) is 16.3 Å². The number of nitrogens with zero attached hydrogens (tertiary/aromatic N) is 2. The summed E-state index contributed by atoms with van der Waals surface area (Å²) in [7, 11) is 0. The number of para-hydroxylation sites is 1. The van der Waals surface area contributed by atoms with E-state index in [1.807, 2.05) is 0 Å². The lowest BCUT2D eigenvalue weighted by Gasteiger charge is -2.02. The number of hydrazone groups is 1. The van der Waals surface area contributed by atoms with Crippen LogP contribution in [0.3, 0.4) is 0 Å². The van der Waals surface area contributed by atoms with Crippen LogP contribution in [0.5, 0.6) is 0 Å². The fourth-order valence-corrected chi connectivity index (χ4v) is 2.79. The summed E-state index contributed by atoms with van der Waals surface area (Å²) in [5.41, 5.74) is 2.82. The maximum absolute atomic E-state index is 12.1. The van der Waals surface area contributed by atoms with Crippen molar-refractivity contribution in [2.45, 2.75) is 0 Å². The molecule has 0 saturated heterocycles. The molecule has 136 valence electrons. The van der Waals surface area contributed by atoms with E-state index in [9.17, 15) is 14.9 Å². The first kappa shape index (κ1) is 18.6. The Labute approximate surface area is 163 Å². The van der Waals surface area contributed by atoms with Gasteiger partial charge in [-0.1, -0.05) is 35.3 Å². The number of nitro benzene ring substituents is 1. The van der Waals surface area contributed by atoms with E-state index in [2.05, 4.69) is 10.5 Å². The van der Waals surface area contributed by atoms with E-state index in [0.29, 0.717) is 22.1 Å². The van der Waals surface area contributed by atoms with E-state index >= 15 is 0 Å². The number of hydrogen-bond acceptors (Lipinski definition) is 5. The van der Waals surface area contributed by atoms with Gasteiger partial charge in [0.05, 0.1) is 27.3 Å². The lowest BCUT2D eigenvalue weighted by atomic mass is 10.1. The molecular formula is C18H11Cl2N3O4. The number of hydrogen-bond donors (Lipinski definition) is 1. The summed E-state index contributed by atoms with van der Waals surface area (Å²) < 4.78 is 5.54. The van der Waals surface area contributed by atoms with E-state index < -0.39 is 10.8 Å². The molecule has 1 heterocycles. The van der Waals surface area contributed by atoms with Crippen molar-refractivity contribution in [3.05, 3.63) is 86.1 Å². The van der Waals surface area contributed by atoms with E-state index in [1.54, 1.807) is 30.3 Å². The van der Waals surface area contributed by atoms with Gasteiger partial charge < -0.3 is 4.42 Å². The van der Waals surface area contributed by atoms with Gasteiger partial charge in [-0.05, 0) is 36.4 Å². The summed E-state index contributed by atoms with van der Waals surface area (Å²) in [6, 6.07) is 13.9. The van der Waals surface area contributed by atoms with Gasteiger partial charge in [-0.15, -0.1) is 0 Å². The standard InChI is InChI=1S/C18H11Cl2N3O4/c19-11-5-7-13(15(20)9-11)18(24)22-21-10-12-6-8-17(27-12)14-3-1-2-4-16(14)23(25)26/h1-10H,(H,22,24)/b21-10-. The minimum absolute atomic E-state index is 0.0685. The highest BCUT2D eigenvalue weighted by Gasteiger charge is 2.17. The minimum atomic E-state index is -0.515. The van der Waals surface area contributed by atoms with Crippen molar-refractivity contribution in [3.63, 3.8) is 0 Å². The quantitative estimate of drug-likeness (QED) is 0.371. The van der Waals surface area contributed by atoms with Crippen LogP contribution in [0.25, 0.3) is 11.3 Å². The third-order valence-corrected chi connectivity index (χ3v) is 4.07. The molecule has 0 unspecified atom stereocenters. The molecule has 0 saturated carbocycles. The molecule has 7 nitrogen and oxygen atoms in total. The summed E-state index contributed by atoms with van der Waals surface area (Å²) in [5.74, 6) is 0.111. The van der Waals surface area contributed by atoms with Gasteiger partial charge in [0.1, 0.15) is 11.5 Å². The van der Waals surface area contributed by atoms with Crippen LogP contribution >= 0.6 is 23.2 Å². The number of amides is 1. The van der Waals surface area contributed by atoms with Crippen molar-refractivity contribution in [2.75, 3.05) is 0 Å². The van der Waals surface area contributed by atoms with Gasteiger partial charge in [-0.2, -0.15) is 5.10 Å². The van der Waals surface area contributed by atoms with Crippen LogP contribution in [0.4, 0.5) is 5.69 Å². The Morgan fingerprint density at radius 2 is 1.93 bits per heavy atom. The number of halogens is 2. The zero-order valence-electron chi connectivity index (χ0n) is 13.6. The van der Waals surface area contributed by atoms with Crippen LogP contribution in [0.1, 0.15) is 16.1 Å². The Hall–Kier alpha value is -3.16. The topological polar surface area (TPSA) is 97.7 Å². The smallest absolute Gasteiger partial charge is 0.280 e. The molecule has 3 rings (SSSR count). The Morgan fingerprint density at radius 3 is 2.67 bits per heavy atom. The Balaban J connectivity index is 1.73. The van der Waals surface area contributed by atoms with Gasteiger partial charge in [0, 0.05) is 11.1 Å². The van der Waals surface area contributed by atoms with E-state index in [4.69, 9.17) is 27.6 Å². The highest BCUT2D eigenvalue weighted by molar-refractivity contribution is 6.36. The molecule has 0 aliphatic heterocycles. The van der Waals surface area contributed by atoms with Gasteiger partial charge in [0.2, 0.25) is 0 Å². The van der Waals surface area contributed by atoms with E-state index in [1.165, 1.54) is 30.5 Å². The van der Waals surface area contributed by atoms with Crippen LogP contribution in [0, 0.1) is 10.1 Å². The zero-order valence-corrected chi connectivity index (χ0v) is 15.1. The van der Waals surface area contributed by atoms with Crippen molar-refractivity contribution < 1.29 is 14.1 Å². The largest absolute Gasteiger partial charge is 0.455 e. The number of benzene rings is 2. The van der Waals surface area contributed by atoms with Crippen LogP contribution in [0.2, 0.25) is 10.0 Å². The number of rotatable bonds is 5. The summed E-state index contributed by atoms with van der Waals surface area (Å²) in [6.45, 7) is 0. The molecular weight excluding hydrogens is 393 g/mol. The van der Waals surface area contributed by atoms with Gasteiger partial charge in [0.15, 0.2) is 0 Å². The first-order valence-corrected chi connectivity index (χ1v) is 8.33. The molecule has 1 aromatic heterocycles.